The molecule has 0 aliphatic carbocycles. The SMILES string of the molecule is Cl.O=[N+]([O-])c1cccc(Nc2ncnc3ccccc23)c1. The number of para-hydroxylation sites is 1. The van der Waals surface area contributed by atoms with E-state index in [1.807, 2.05) is 24.3 Å². The van der Waals surface area contributed by atoms with Crippen LogP contribution in [0.3, 0.4) is 0 Å². The van der Waals surface area contributed by atoms with Crippen molar-refractivity contribution in [3.05, 3.63) is 65.0 Å². The van der Waals surface area contributed by atoms with Gasteiger partial charge in [0.05, 0.1) is 10.4 Å². The summed E-state index contributed by atoms with van der Waals surface area (Å²) >= 11 is 0. The van der Waals surface area contributed by atoms with Crippen molar-refractivity contribution in [3.8, 4) is 0 Å². The lowest BCUT2D eigenvalue weighted by molar-refractivity contribution is -0.384. The largest absolute Gasteiger partial charge is 0.339 e. The third kappa shape index (κ3) is 3.06. The molecule has 1 heterocycles. The highest BCUT2D eigenvalue weighted by molar-refractivity contribution is 5.90. The molecular formula is C14H11ClN4O2. The Morgan fingerprint density at radius 1 is 1.05 bits per heavy atom. The Morgan fingerprint density at radius 3 is 2.67 bits per heavy atom. The van der Waals surface area contributed by atoms with Crippen LogP contribution in [0.15, 0.2) is 54.9 Å². The molecule has 106 valence electrons. The van der Waals surface area contributed by atoms with Crippen LogP contribution in [0, 0.1) is 10.1 Å². The van der Waals surface area contributed by atoms with Gasteiger partial charge >= 0.3 is 0 Å². The van der Waals surface area contributed by atoms with Gasteiger partial charge in [-0.15, -0.1) is 12.4 Å². The van der Waals surface area contributed by atoms with Crippen LogP contribution < -0.4 is 5.32 Å². The van der Waals surface area contributed by atoms with Gasteiger partial charge in [-0.1, -0.05) is 18.2 Å². The van der Waals surface area contributed by atoms with E-state index in [1.165, 1.54) is 18.5 Å². The molecule has 7 heteroatoms. The topological polar surface area (TPSA) is 81.0 Å². The predicted molar refractivity (Wildman–Crippen MR) is 83.2 cm³/mol. The number of aromatic nitrogens is 2. The van der Waals surface area contributed by atoms with E-state index in [2.05, 4.69) is 15.3 Å². The summed E-state index contributed by atoms with van der Waals surface area (Å²) in [5.74, 6) is 0.621. The van der Waals surface area contributed by atoms with Gasteiger partial charge in [-0.3, -0.25) is 10.1 Å². The lowest BCUT2D eigenvalue weighted by Crippen LogP contribution is -1.96. The van der Waals surface area contributed by atoms with Crippen molar-refractivity contribution in [2.75, 3.05) is 5.32 Å². The highest BCUT2D eigenvalue weighted by atomic mass is 35.5. The fourth-order valence-corrected chi connectivity index (χ4v) is 1.94. The van der Waals surface area contributed by atoms with Gasteiger partial charge in [0.2, 0.25) is 0 Å². The lowest BCUT2D eigenvalue weighted by atomic mass is 10.2. The third-order valence-electron chi connectivity index (χ3n) is 2.86. The van der Waals surface area contributed by atoms with Crippen molar-refractivity contribution in [1.29, 1.82) is 0 Å². The maximum absolute atomic E-state index is 10.8. The highest BCUT2D eigenvalue weighted by Gasteiger charge is 2.07. The Morgan fingerprint density at radius 2 is 1.86 bits per heavy atom. The maximum atomic E-state index is 10.8. The Kier molecular flexibility index (Phi) is 4.30. The third-order valence-corrected chi connectivity index (χ3v) is 2.86. The van der Waals surface area contributed by atoms with Crippen LogP contribution >= 0.6 is 12.4 Å². The molecular weight excluding hydrogens is 292 g/mol. The van der Waals surface area contributed by atoms with Gasteiger partial charge in [0, 0.05) is 23.2 Å². The van der Waals surface area contributed by atoms with Gasteiger partial charge < -0.3 is 5.32 Å². The van der Waals surface area contributed by atoms with Gasteiger partial charge in [0.15, 0.2) is 0 Å². The first-order valence-corrected chi connectivity index (χ1v) is 5.95. The summed E-state index contributed by atoms with van der Waals surface area (Å²) in [7, 11) is 0. The first kappa shape index (κ1) is 14.7. The minimum Gasteiger partial charge on any atom is -0.339 e. The second-order valence-electron chi connectivity index (χ2n) is 4.17. The van der Waals surface area contributed by atoms with Gasteiger partial charge in [-0.05, 0) is 18.2 Å². The zero-order valence-electron chi connectivity index (χ0n) is 10.8. The monoisotopic (exact) mass is 302 g/mol. The molecule has 0 saturated heterocycles. The van der Waals surface area contributed by atoms with Crippen LogP contribution in [0.2, 0.25) is 0 Å². The van der Waals surface area contributed by atoms with Crippen molar-refractivity contribution >= 4 is 40.5 Å². The van der Waals surface area contributed by atoms with E-state index in [-0.39, 0.29) is 18.1 Å². The number of nitro benzene ring substituents is 1. The predicted octanol–water partition coefficient (Wildman–Crippen LogP) is 3.70. The number of hydrogen-bond acceptors (Lipinski definition) is 5. The van der Waals surface area contributed by atoms with Crippen LogP contribution in [0.25, 0.3) is 10.9 Å². The molecule has 0 unspecified atom stereocenters. The second kappa shape index (κ2) is 6.15. The molecule has 2 aromatic carbocycles. The summed E-state index contributed by atoms with van der Waals surface area (Å²) in [6, 6.07) is 13.9. The standard InChI is InChI=1S/C14H10N4O2.ClH/c19-18(20)11-5-3-4-10(8-11)17-14-12-6-1-2-7-13(12)15-9-16-14;/h1-9H,(H,15,16,17);1H. The van der Waals surface area contributed by atoms with E-state index in [0.717, 1.165) is 10.9 Å². The number of anilines is 2. The number of non-ortho nitro benzene ring substituents is 1. The maximum Gasteiger partial charge on any atom is 0.271 e. The zero-order chi connectivity index (χ0) is 13.9. The van der Waals surface area contributed by atoms with Gasteiger partial charge in [0.25, 0.3) is 5.69 Å². The highest BCUT2D eigenvalue weighted by Crippen LogP contribution is 2.24. The van der Waals surface area contributed by atoms with Crippen molar-refractivity contribution < 1.29 is 4.92 Å². The minimum atomic E-state index is -0.427. The van der Waals surface area contributed by atoms with E-state index in [1.54, 1.807) is 12.1 Å². The van der Waals surface area contributed by atoms with E-state index in [4.69, 9.17) is 0 Å². The number of halogens is 1. The van der Waals surface area contributed by atoms with Crippen LogP contribution in [0.5, 0.6) is 0 Å². The van der Waals surface area contributed by atoms with Crippen molar-refractivity contribution in [1.82, 2.24) is 9.97 Å². The molecule has 1 N–H and O–H groups in total. The molecule has 0 aliphatic heterocycles. The van der Waals surface area contributed by atoms with Crippen LogP contribution in [0.4, 0.5) is 17.2 Å². The molecule has 6 nitrogen and oxygen atoms in total. The quantitative estimate of drug-likeness (QED) is 0.589. The zero-order valence-corrected chi connectivity index (χ0v) is 11.6. The minimum absolute atomic E-state index is 0. The number of nitro groups is 1. The molecule has 0 fully saturated rings. The van der Waals surface area contributed by atoms with Crippen molar-refractivity contribution in [3.63, 3.8) is 0 Å². The van der Waals surface area contributed by atoms with Crippen molar-refractivity contribution in [2.45, 2.75) is 0 Å². The molecule has 3 rings (SSSR count). The first-order valence-electron chi connectivity index (χ1n) is 5.95. The molecule has 0 spiro atoms. The molecule has 0 bridgehead atoms. The van der Waals surface area contributed by atoms with Gasteiger partial charge in [-0.2, -0.15) is 0 Å². The Hall–Kier alpha value is -2.73. The number of nitrogens with one attached hydrogen (secondary N) is 1. The number of hydrogen-bond donors (Lipinski definition) is 1. The fraction of sp³-hybridized carbons (Fsp3) is 0. The summed E-state index contributed by atoms with van der Waals surface area (Å²) < 4.78 is 0. The molecule has 3 aromatic rings. The average Bonchev–Trinajstić information content (AvgIpc) is 2.48. The summed E-state index contributed by atoms with van der Waals surface area (Å²) in [6.07, 6.45) is 1.46. The van der Waals surface area contributed by atoms with Gasteiger partial charge in [-0.25, -0.2) is 9.97 Å². The molecule has 0 radical (unpaired) electrons. The summed E-state index contributed by atoms with van der Waals surface area (Å²) in [4.78, 5) is 18.7. The van der Waals surface area contributed by atoms with Crippen LogP contribution in [-0.2, 0) is 0 Å². The summed E-state index contributed by atoms with van der Waals surface area (Å²) in [5, 5.41) is 14.7. The first-order chi connectivity index (χ1) is 9.74. The Bertz CT molecular complexity index is 789. The molecule has 0 aliphatic rings. The number of benzene rings is 2. The fourth-order valence-electron chi connectivity index (χ4n) is 1.94. The van der Waals surface area contributed by atoms with E-state index >= 15 is 0 Å². The Balaban J connectivity index is 0.00000161. The number of nitrogens with zero attached hydrogens (tertiary/aromatic N) is 3. The van der Waals surface area contributed by atoms with E-state index in [0.29, 0.717) is 11.5 Å². The van der Waals surface area contributed by atoms with Crippen LogP contribution in [-0.4, -0.2) is 14.9 Å². The van der Waals surface area contributed by atoms with Gasteiger partial charge in [0.1, 0.15) is 12.1 Å². The van der Waals surface area contributed by atoms with E-state index in [9.17, 15) is 10.1 Å². The van der Waals surface area contributed by atoms with E-state index < -0.39 is 4.92 Å². The number of rotatable bonds is 3. The Labute approximate surface area is 126 Å². The summed E-state index contributed by atoms with van der Waals surface area (Å²) in [6.45, 7) is 0. The van der Waals surface area contributed by atoms with Crippen molar-refractivity contribution in [2.24, 2.45) is 0 Å². The molecule has 0 saturated carbocycles. The number of fused-ring (bicyclic) bond motifs is 1. The smallest absolute Gasteiger partial charge is 0.271 e. The lowest BCUT2D eigenvalue weighted by Gasteiger charge is -2.07. The molecule has 1 aromatic heterocycles. The summed E-state index contributed by atoms with van der Waals surface area (Å²) in [5.41, 5.74) is 1.46. The average molecular weight is 303 g/mol. The molecule has 0 amide bonds. The normalized spacial score (nSPS) is 9.90. The van der Waals surface area contributed by atoms with Crippen LogP contribution in [0.1, 0.15) is 0 Å². The second-order valence-corrected chi connectivity index (χ2v) is 4.17. The molecule has 21 heavy (non-hydrogen) atoms. The molecule has 0 atom stereocenters.